The van der Waals surface area contributed by atoms with Crippen molar-refractivity contribution in [3.63, 3.8) is 0 Å². The van der Waals surface area contributed by atoms with E-state index in [1.165, 1.54) is 25.3 Å². The Kier molecular flexibility index (Phi) is 7.58. The Bertz CT molecular complexity index is 1250. The minimum absolute atomic E-state index is 0. The van der Waals surface area contributed by atoms with Crippen LogP contribution in [0.15, 0.2) is 53.2 Å². The van der Waals surface area contributed by atoms with Gasteiger partial charge in [0.1, 0.15) is 11.7 Å². The number of hydrogen-bond acceptors (Lipinski definition) is 6. The third kappa shape index (κ3) is 5.12. The molecule has 0 spiro atoms. The summed E-state index contributed by atoms with van der Waals surface area (Å²) in [5.41, 5.74) is 8.06. The van der Waals surface area contributed by atoms with Gasteiger partial charge in [-0.25, -0.2) is 22.6 Å². The van der Waals surface area contributed by atoms with Crippen LogP contribution in [0.3, 0.4) is 0 Å². The van der Waals surface area contributed by atoms with Crippen LogP contribution in [0, 0.1) is 6.92 Å². The molecule has 0 saturated heterocycles. The number of hydrogen-bond donors (Lipinski definition) is 1. The molecule has 0 fully saturated rings. The average Bonchev–Trinajstić information content (AvgIpc) is 3.01. The van der Waals surface area contributed by atoms with Crippen molar-refractivity contribution in [2.24, 2.45) is 5.73 Å². The highest BCUT2D eigenvalue weighted by Crippen LogP contribution is 2.32. The van der Waals surface area contributed by atoms with Crippen molar-refractivity contribution >= 4 is 39.2 Å². The number of benzene rings is 2. The predicted molar refractivity (Wildman–Crippen MR) is 120 cm³/mol. The molecule has 0 radical (unpaired) electrons. The van der Waals surface area contributed by atoms with Gasteiger partial charge in [0.15, 0.2) is 9.84 Å². The fourth-order valence-corrected chi connectivity index (χ4v) is 3.85. The molecular formula is C21H23ClFN3O4S. The van der Waals surface area contributed by atoms with Crippen LogP contribution in [0.25, 0.3) is 22.2 Å². The van der Waals surface area contributed by atoms with Gasteiger partial charge in [0.25, 0.3) is 0 Å². The van der Waals surface area contributed by atoms with E-state index in [1.807, 2.05) is 0 Å². The second-order valence-corrected chi connectivity index (χ2v) is 8.83. The molecule has 2 N–H and O–H groups in total. The molecule has 0 unspecified atom stereocenters. The predicted octanol–water partition coefficient (Wildman–Crippen LogP) is 3.44. The zero-order valence-electron chi connectivity index (χ0n) is 17.3. The molecule has 0 aliphatic carbocycles. The van der Waals surface area contributed by atoms with Crippen molar-refractivity contribution in [1.82, 2.24) is 9.55 Å². The number of nitrogens with zero attached hydrogens (tertiary/aromatic N) is 2. The van der Waals surface area contributed by atoms with Gasteiger partial charge in [0.2, 0.25) is 0 Å². The molecular weight excluding hydrogens is 445 g/mol. The number of allylic oxidation sites excluding steroid dienone is 1. The lowest BCUT2D eigenvalue weighted by molar-refractivity contribution is 0.0601. The zero-order valence-corrected chi connectivity index (χ0v) is 18.9. The molecule has 3 aromatic rings. The lowest BCUT2D eigenvalue weighted by Crippen LogP contribution is -2.05. The summed E-state index contributed by atoms with van der Waals surface area (Å²) in [5, 5.41) is 0. The van der Waals surface area contributed by atoms with Crippen molar-refractivity contribution in [2.75, 3.05) is 19.9 Å². The highest BCUT2D eigenvalue weighted by atomic mass is 35.5. The van der Waals surface area contributed by atoms with Crippen LogP contribution in [-0.2, 0) is 21.1 Å². The van der Waals surface area contributed by atoms with Crippen LogP contribution < -0.4 is 5.73 Å². The number of imidazole rings is 1. The monoisotopic (exact) mass is 467 g/mol. The number of halogens is 2. The molecule has 0 saturated carbocycles. The lowest BCUT2D eigenvalue weighted by Gasteiger charge is -2.10. The van der Waals surface area contributed by atoms with E-state index in [4.69, 9.17) is 10.5 Å². The summed E-state index contributed by atoms with van der Waals surface area (Å²) >= 11 is 0. The maximum atomic E-state index is 14.2. The summed E-state index contributed by atoms with van der Waals surface area (Å²) in [5.74, 6) is -0.404. The molecule has 0 aliphatic heterocycles. The van der Waals surface area contributed by atoms with Crippen molar-refractivity contribution in [3.05, 3.63) is 59.7 Å². The van der Waals surface area contributed by atoms with E-state index in [0.29, 0.717) is 28.0 Å². The minimum Gasteiger partial charge on any atom is -0.465 e. The number of aryl methyl sites for hydroxylation is 1. The molecule has 0 atom stereocenters. The summed E-state index contributed by atoms with van der Waals surface area (Å²) in [4.78, 5) is 17.0. The Morgan fingerprint density at radius 2 is 1.90 bits per heavy atom. The summed E-state index contributed by atoms with van der Waals surface area (Å²) < 4.78 is 44.2. The molecule has 1 heterocycles. The summed E-state index contributed by atoms with van der Waals surface area (Å²) in [7, 11) is -2.07. The zero-order chi connectivity index (χ0) is 22.1. The van der Waals surface area contributed by atoms with Gasteiger partial charge >= 0.3 is 5.97 Å². The van der Waals surface area contributed by atoms with Crippen molar-refractivity contribution in [3.8, 4) is 11.1 Å². The van der Waals surface area contributed by atoms with Gasteiger partial charge in [0.05, 0.1) is 35.1 Å². The number of ether oxygens (including phenoxy) is 1. The first kappa shape index (κ1) is 24.5. The average molecular weight is 468 g/mol. The molecule has 0 amide bonds. The van der Waals surface area contributed by atoms with E-state index >= 15 is 0 Å². The van der Waals surface area contributed by atoms with E-state index in [9.17, 15) is 17.6 Å². The summed E-state index contributed by atoms with van der Waals surface area (Å²) in [6.45, 7) is 1.74. The molecule has 31 heavy (non-hydrogen) atoms. The van der Waals surface area contributed by atoms with Crippen LogP contribution in [-0.4, -0.2) is 43.8 Å². The Morgan fingerprint density at radius 1 is 1.26 bits per heavy atom. The van der Waals surface area contributed by atoms with Gasteiger partial charge in [-0.05, 0) is 42.8 Å². The molecule has 166 valence electrons. The van der Waals surface area contributed by atoms with Gasteiger partial charge in [-0.3, -0.25) is 0 Å². The first-order valence-electron chi connectivity index (χ1n) is 9.10. The van der Waals surface area contributed by atoms with Crippen molar-refractivity contribution < 1.29 is 22.3 Å². The molecule has 10 heteroatoms. The van der Waals surface area contributed by atoms with Gasteiger partial charge in [-0.15, -0.1) is 12.4 Å². The molecule has 1 aromatic heterocycles. The lowest BCUT2D eigenvalue weighted by atomic mass is 10.0. The van der Waals surface area contributed by atoms with Crippen molar-refractivity contribution in [2.45, 2.75) is 18.4 Å². The smallest absolute Gasteiger partial charge is 0.337 e. The number of carbonyl (C=O) groups excluding carboxylic acids is 1. The third-order valence-corrected chi connectivity index (χ3v) is 5.84. The summed E-state index contributed by atoms with van der Waals surface area (Å²) in [6.07, 6.45) is 2.41. The third-order valence-electron chi connectivity index (χ3n) is 4.71. The molecule has 7 nitrogen and oxygen atoms in total. The maximum absolute atomic E-state index is 14.2. The van der Waals surface area contributed by atoms with E-state index in [0.717, 1.165) is 6.26 Å². The SMILES string of the molecule is COC(=O)c1cc(-c2ccc(S(C)(=O)=O)cc2)c2nc(C)n(CC(F)=CCN)c2c1.Cl. The second kappa shape index (κ2) is 9.59. The topological polar surface area (TPSA) is 104 Å². The Labute approximate surface area is 186 Å². The maximum Gasteiger partial charge on any atom is 0.337 e. The highest BCUT2D eigenvalue weighted by molar-refractivity contribution is 7.90. The molecule has 0 aliphatic rings. The molecule has 3 rings (SSSR count). The number of methoxy groups -OCH3 is 1. The number of esters is 1. The molecule has 2 aromatic carbocycles. The van der Waals surface area contributed by atoms with Gasteiger partial charge in [-0.1, -0.05) is 12.1 Å². The Balaban J connectivity index is 0.00000341. The standard InChI is InChI=1S/C21H22FN3O4S.ClH/c1-13-24-20-18(14-4-6-17(7-5-14)30(3,27)28)10-15(21(26)29-2)11-19(20)25(13)12-16(22)8-9-23;/h4-8,10-11H,9,12,23H2,1-3H3;1H. The van der Waals surface area contributed by atoms with Crippen molar-refractivity contribution in [1.29, 1.82) is 0 Å². The number of rotatable bonds is 6. The van der Waals surface area contributed by atoms with Crippen LogP contribution in [0.5, 0.6) is 0 Å². The van der Waals surface area contributed by atoms with Crippen LogP contribution in [0.4, 0.5) is 4.39 Å². The van der Waals surface area contributed by atoms with E-state index in [1.54, 1.807) is 35.8 Å². The van der Waals surface area contributed by atoms with Gasteiger partial charge < -0.3 is 15.0 Å². The number of aromatic nitrogens is 2. The minimum atomic E-state index is -3.34. The fraction of sp³-hybridized carbons (Fsp3) is 0.238. The number of sulfone groups is 1. The first-order chi connectivity index (χ1) is 14.2. The van der Waals surface area contributed by atoms with E-state index in [-0.39, 0.29) is 36.0 Å². The van der Waals surface area contributed by atoms with Crippen LogP contribution in [0.1, 0.15) is 16.2 Å². The molecule has 0 bridgehead atoms. The first-order valence-corrected chi connectivity index (χ1v) is 11.0. The quantitative estimate of drug-likeness (QED) is 0.557. The second-order valence-electron chi connectivity index (χ2n) is 6.81. The number of nitrogens with two attached hydrogens (primary N) is 1. The highest BCUT2D eigenvalue weighted by Gasteiger charge is 2.18. The number of carbonyl (C=O) groups is 1. The van der Waals surface area contributed by atoms with E-state index < -0.39 is 21.6 Å². The fourth-order valence-electron chi connectivity index (χ4n) is 3.22. The normalized spacial score (nSPS) is 12.0. The Hall–Kier alpha value is -2.75. The van der Waals surface area contributed by atoms with Crippen LogP contribution >= 0.6 is 12.4 Å². The van der Waals surface area contributed by atoms with Gasteiger partial charge in [0, 0.05) is 18.4 Å². The number of fused-ring (bicyclic) bond motifs is 1. The largest absolute Gasteiger partial charge is 0.465 e. The van der Waals surface area contributed by atoms with E-state index in [2.05, 4.69) is 4.98 Å². The summed E-state index contributed by atoms with van der Waals surface area (Å²) in [6, 6.07) is 9.52. The Morgan fingerprint density at radius 3 is 2.45 bits per heavy atom. The van der Waals surface area contributed by atoms with Crippen LogP contribution in [0.2, 0.25) is 0 Å². The van der Waals surface area contributed by atoms with Gasteiger partial charge in [-0.2, -0.15) is 0 Å².